The highest BCUT2D eigenvalue weighted by atomic mass is 35.5. The molecule has 1 saturated carbocycles. The summed E-state index contributed by atoms with van der Waals surface area (Å²) < 4.78 is 5.84. The van der Waals surface area contributed by atoms with Gasteiger partial charge in [-0.05, 0) is 87.3 Å². The molecule has 2 aromatic carbocycles. The molecule has 0 aromatic heterocycles. The minimum Gasteiger partial charge on any atom is -0.490 e. The number of carbonyl (C=O) groups is 1. The molecule has 7 heteroatoms. The van der Waals surface area contributed by atoms with Crippen molar-refractivity contribution in [2.24, 2.45) is 11.7 Å². The highest BCUT2D eigenvalue weighted by Gasteiger charge is 2.19. The first kappa shape index (κ1) is 25.9. The summed E-state index contributed by atoms with van der Waals surface area (Å²) in [5, 5.41) is 18.2. The van der Waals surface area contributed by atoms with Crippen LogP contribution >= 0.6 is 11.6 Å². The van der Waals surface area contributed by atoms with E-state index in [1.165, 1.54) is 19.3 Å². The Morgan fingerprint density at radius 3 is 2.32 bits per heavy atom. The molecule has 1 aliphatic heterocycles. The molecular formula is C27H34ClN3O3. The van der Waals surface area contributed by atoms with E-state index < -0.39 is 0 Å². The highest BCUT2D eigenvalue weighted by Crippen LogP contribution is 2.27. The number of aliphatic hydroxyl groups is 1. The molecule has 1 saturated heterocycles. The van der Waals surface area contributed by atoms with Gasteiger partial charge in [-0.2, -0.15) is 5.26 Å². The minimum atomic E-state index is -0.386. The first-order valence-corrected chi connectivity index (χ1v) is 12.5. The van der Waals surface area contributed by atoms with Crippen LogP contribution in [0.2, 0.25) is 5.02 Å². The standard InChI is InChI=1S/C14H20N2O2.C13H14ClNO/c15-14(18)12-1-3-13(4-2-12)16-8-5-11(6-9-16)7-10-17;14-13-8-12(7-6-10(13)9-15)16-11-4-2-1-3-5-11/h1-4,11,17H,5-10H2,(H2,15,18);6-8,11H,1-5H2. The van der Waals surface area contributed by atoms with Gasteiger partial charge in [-0.15, -0.1) is 0 Å². The van der Waals surface area contributed by atoms with E-state index in [2.05, 4.69) is 4.90 Å². The molecule has 34 heavy (non-hydrogen) atoms. The molecule has 0 bridgehead atoms. The number of piperidine rings is 1. The van der Waals surface area contributed by atoms with Crippen molar-refractivity contribution in [3.8, 4) is 11.8 Å². The largest absolute Gasteiger partial charge is 0.490 e. The monoisotopic (exact) mass is 483 g/mol. The van der Waals surface area contributed by atoms with Crippen LogP contribution in [-0.2, 0) is 0 Å². The van der Waals surface area contributed by atoms with Gasteiger partial charge in [-0.3, -0.25) is 4.79 Å². The topological polar surface area (TPSA) is 99.6 Å². The third kappa shape index (κ3) is 7.65. The van der Waals surface area contributed by atoms with Crippen molar-refractivity contribution in [2.45, 2.75) is 57.5 Å². The molecule has 1 amide bonds. The van der Waals surface area contributed by atoms with E-state index in [1.807, 2.05) is 24.3 Å². The Bertz CT molecular complexity index is 960. The Kier molecular flexibility index (Phi) is 10.1. The number of hydrogen-bond acceptors (Lipinski definition) is 5. The number of nitrogens with zero attached hydrogens (tertiary/aromatic N) is 2. The molecule has 182 valence electrons. The minimum absolute atomic E-state index is 0.290. The Hall–Kier alpha value is -2.75. The Morgan fingerprint density at radius 1 is 1.09 bits per heavy atom. The van der Waals surface area contributed by atoms with Crippen LogP contribution in [0.25, 0.3) is 0 Å². The van der Waals surface area contributed by atoms with Crippen LogP contribution < -0.4 is 15.4 Å². The van der Waals surface area contributed by atoms with Crippen molar-refractivity contribution in [3.05, 3.63) is 58.6 Å². The first-order chi connectivity index (χ1) is 16.5. The molecule has 2 aliphatic rings. The van der Waals surface area contributed by atoms with Crippen molar-refractivity contribution >= 4 is 23.2 Å². The molecule has 2 fully saturated rings. The van der Waals surface area contributed by atoms with Gasteiger partial charge in [0.25, 0.3) is 0 Å². The summed E-state index contributed by atoms with van der Waals surface area (Å²) in [5.74, 6) is 1.04. The molecule has 6 nitrogen and oxygen atoms in total. The Balaban J connectivity index is 0.000000192. The average Bonchev–Trinajstić information content (AvgIpc) is 2.86. The Morgan fingerprint density at radius 2 is 1.76 bits per heavy atom. The maximum absolute atomic E-state index is 11.0. The third-order valence-corrected chi connectivity index (χ3v) is 6.90. The summed E-state index contributed by atoms with van der Waals surface area (Å²) in [6.45, 7) is 2.32. The van der Waals surface area contributed by atoms with E-state index in [0.717, 1.165) is 56.6 Å². The second-order valence-corrected chi connectivity index (χ2v) is 9.39. The van der Waals surface area contributed by atoms with Crippen molar-refractivity contribution in [1.82, 2.24) is 0 Å². The lowest BCUT2D eigenvalue weighted by Gasteiger charge is -2.33. The zero-order valence-electron chi connectivity index (χ0n) is 19.6. The van der Waals surface area contributed by atoms with Gasteiger partial charge in [0.15, 0.2) is 0 Å². The van der Waals surface area contributed by atoms with Crippen molar-refractivity contribution in [3.63, 3.8) is 0 Å². The lowest BCUT2D eigenvalue weighted by Crippen LogP contribution is -2.33. The third-order valence-electron chi connectivity index (χ3n) is 6.58. The van der Waals surface area contributed by atoms with Gasteiger partial charge < -0.3 is 20.5 Å². The zero-order valence-corrected chi connectivity index (χ0v) is 20.3. The summed E-state index contributed by atoms with van der Waals surface area (Å²) in [6, 6.07) is 14.7. The van der Waals surface area contributed by atoms with Crippen LogP contribution in [0.4, 0.5) is 5.69 Å². The van der Waals surface area contributed by atoms with Gasteiger partial charge in [0.2, 0.25) is 5.91 Å². The van der Waals surface area contributed by atoms with E-state index in [4.69, 9.17) is 32.4 Å². The van der Waals surface area contributed by atoms with Gasteiger partial charge in [0.1, 0.15) is 11.8 Å². The Labute approximate surface area is 207 Å². The number of amides is 1. The maximum Gasteiger partial charge on any atom is 0.248 e. The van der Waals surface area contributed by atoms with Crippen LogP contribution in [0.5, 0.6) is 5.75 Å². The van der Waals surface area contributed by atoms with Crippen LogP contribution in [0.3, 0.4) is 0 Å². The number of carbonyl (C=O) groups excluding carboxylic acids is 1. The summed E-state index contributed by atoms with van der Waals surface area (Å²) in [4.78, 5) is 13.3. The molecule has 0 unspecified atom stereocenters. The van der Waals surface area contributed by atoms with Crippen LogP contribution in [0, 0.1) is 17.2 Å². The lowest BCUT2D eigenvalue weighted by molar-refractivity contribution is 0.100. The van der Waals surface area contributed by atoms with E-state index in [0.29, 0.717) is 28.2 Å². The molecule has 0 radical (unpaired) electrons. The second kappa shape index (κ2) is 13.2. The number of rotatable bonds is 6. The van der Waals surface area contributed by atoms with Crippen molar-refractivity contribution in [1.29, 1.82) is 5.26 Å². The number of anilines is 1. The smallest absolute Gasteiger partial charge is 0.248 e. The predicted octanol–water partition coefficient (Wildman–Crippen LogP) is 5.31. The molecule has 1 heterocycles. The summed E-state index contributed by atoms with van der Waals surface area (Å²) in [5.41, 5.74) is 7.41. The van der Waals surface area contributed by atoms with E-state index >= 15 is 0 Å². The normalized spacial score (nSPS) is 16.8. The fourth-order valence-corrected chi connectivity index (χ4v) is 4.75. The summed E-state index contributed by atoms with van der Waals surface area (Å²) in [7, 11) is 0. The maximum atomic E-state index is 11.0. The summed E-state index contributed by atoms with van der Waals surface area (Å²) in [6.07, 6.45) is 9.52. The number of halogens is 1. The molecule has 1 aliphatic carbocycles. The van der Waals surface area contributed by atoms with Crippen LogP contribution in [0.15, 0.2) is 42.5 Å². The van der Waals surface area contributed by atoms with Gasteiger partial charge in [-0.25, -0.2) is 0 Å². The quantitative estimate of drug-likeness (QED) is 0.580. The first-order valence-electron chi connectivity index (χ1n) is 12.1. The van der Waals surface area contributed by atoms with Crippen LogP contribution in [-0.4, -0.2) is 36.8 Å². The fraction of sp³-hybridized carbons (Fsp3) is 0.481. The lowest BCUT2D eigenvalue weighted by atomic mass is 9.93. The number of ether oxygens (including phenoxy) is 1. The average molecular weight is 484 g/mol. The highest BCUT2D eigenvalue weighted by molar-refractivity contribution is 6.31. The number of nitrogens with two attached hydrogens (primary N) is 1. The number of aliphatic hydroxyl groups excluding tert-OH is 1. The molecule has 3 N–H and O–H groups in total. The number of hydrogen-bond donors (Lipinski definition) is 2. The van der Waals surface area contributed by atoms with E-state index in [9.17, 15) is 4.79 Å². The summed E-state index contributed by atoms with van der Waals surface area (Å²) >= 11 is 5.94. The molecule has 0 atom stereocenters. The van der Waals surface area contributed by atoms with Gasteiger partial charge >= 0.3 is 0 Å². The van der Waals surface area contributed by atoms with Crippen molar-refractivity contribution < 1.29 is 14.6 Å². The van der Waals surface area contributed by atoms with Gasteiger partial charge in [0, 0.05) is 37.0 Å². The molecule has 4 rings (SSSR count). The zero-order chi connectivity index (χ0) is 24.3. The number of benzene rings is 2. The van der Waals surface area contributed by atoms with E-state index in [1.54, 1.807) is 24.3 Å². The predicted molar refractivity (Wildman–Crippen MR) is 135 cm³/mol. The number of nitriles is 1. The molecular weight excluding hydrogens is 450 g/mol. The van der Waals surface area contributed by atoms with E-state index in [-0.39, 0.29) is 12.5 Å². The van der Waals surface area contributed by atoms with Crippen LogP contribution in [0.1, 0.15) is 67.3 Å². The van der Waals surface area contributed by atoms with Crippen molar-refractivity contribution in [2.75, 3.05) is 24.6 Å². The van der Waals surface area contributed by atoms with Gasteiger partial charge in [0.05, 0.1) is 16.7 Å². The van der Waals surface area contributed by atoms with Gasteiger partial charge in [-0.1, -0.05) is 18.0 Å². The number of primary amides is 1. The second-order valence-electron chi connectivity index (χ2n) is 8.99. The fourth-order valence-electron chi connectivity index (χ4n) is 4.53. The molecule has 2 aromatic rings. The SMILES string of the molecule is N#Cc1ccc(OC2CCCCC2)cc1Cl.NC(=O)c1ccc(N2CCC(CCO)CC2)cc1. The molecule has 0 spiro atoms.